The van der Waals surface area contributed by atoms with Gasteiger partial charge in [0.2, 0.25) is 0 Å². The molecule has 0 atom stereocenters. The second-order valence-electron chi connectivity index (χ2n) is 19.0. The first kappa shape index (κ1) is 47.0. The molecule has 1 aliphatic rings. The molecule has 0 heteroatoms. The highest BCUT2D eigenvalue weighted by Crippen LogP contribution is 2.53. The minimum Gasteiger partial charge on any atom is -0.0622 e. The maximum absolute atomic E-state index is 2.52. The lowest BCUT2D eigenvalue weighted by Gasteiger charge is -2.27. The first-order chi connectivity index (χ1) is 34.0. The van der Waals surface area contributed by atoms with Crippen LogP contribution in [-0.2, 0) is 0 Å². The van der Waals surface area contributed by atoms with Crippen LogP contribution in [0.4, 0.5) is 0 Å². The van der Waals surface area contributed by atoms with E-state index in [0.717, 1.165) is 0 Å². The summed E-state index contributed by atoms with van der Waals surface area (Å²) in [5, 5.41) is 0. The van der Waals surface area contributed by atoms with Gasteiger partial charge in [0, 0.05) is 69.7 Å². The molecule has 10 rings (SSSR count). The molecule has 9 aromatic rings. The van der Waals surface area contributed by atoms with Crippen LogP contribution >= 0.6 is 0 Å². The predicted molar refractivity (Wildman–Crippen MR) is 301 cm³/mol. The van der Waals surface area contributed by atoms with Gasteiger partial charge in [-0.1, -0.05) is 138 Å². The molecule has 0 aromatic heterocycles. The summed E-state index contributed by atoms with van der Waals surface area (Å²) in [5.74, 6) is 1.23. The van der Waals surface area contributed by atoms with E-state index in [1.807, 2.05) is 0 Å². The number of allylic oxidation sites excluding steroid dienone is 5. The molecule has 0 aliphatic heterocycles. The molecule has 0 bridgehead atoms. The third-order valence-electron chi connectivity index (χ3n) is 13.5. The zero-order valence-electron chi connectivity index (χ0n) is 41.9. The first-order valence-electron chi connectivity index (χ1n) is 24.6. The maximum atomic E-state index is 2.52. The Kier molecular flexibility index (Phi) is 14.2. The molecular weight excluding hydrogens is 841 g/mol. The van der Waals surface area contributed by atoms with Crippen LogP contribution in [0.15, 0.2) is 230 Å². The van der Waals surface area contributed by atoms with Crippen LogP contribution in [0.2, 0.25) is 0 Å². The predicted octanol–water partition coefficient (Wildman–Crippen LogP) is 18.7. The van der Waals surface area contributed by atoms with Gasteiger partial charge in [0.1, 0.15) is 5.57 Å². The highest BCUT2D eigenvalue weighted by molar-refractivity contribution is 6.06. The number of hydrogen-bond acceptors (Lipinski definition) is 0. The lowest BCUT2D eigenvalue weighted by molar-refractivity contribution is 1.22. The Bertz CT molecular complexity index is 3300. The van der Waals surface area contributed by atoms with E-state index in [2.05, 4.69) is 286 Å². The Labute approximate surface area is 418 Å². The average Bonchev–Trinajstić information content (AvgIpc) is 3.36. The minimum absolute atomic E-state index is 1.20. The molecule has 0 saturated carbocycles. The molecule has 1 aliphatic carbocycles. The van der Waals surface area contributed by atoms with E-state index >= 15 is 0 Å². The Morgan fingerprint density at radius 3 is 1.13 bits per heavy atom. The summed E-state index contributed by atoms with van der Waals surface area (Å²) in [7, 11) is 0. The van der Waals surface area contributed by atoms with Crippen LogP contribution in [0, 0.1) is 67.7 Å². The fraction of sp³-hybridized carbons (Fsp3) is 0.114. The van der Waals surface area contributed by atoms with Gasteiger partial charge in [0.15, 0.2) is 0 Å². The van der Waals surface area contributed by atoms with Crippen molar-refractivity contribution in [2.75, 3.05) is 0 Å². The Balaban J connectivity index is 0.000000266. The van der Waals surface area contributed by atoms with Gasteiger partial charge in [-0.3, -0.25) is 0 Å². The topological polar surface area (TPSA) is 0 Å². The largest absolute Gasteiger partial charge is 0.105 e. The molecule has 0 fully saturated rings. The van der Waals surface area contributed by atoms with Crippen molar-refractivity contribution in [3.8, 4) is 44.5 Å². The van der Waals surface area contributed by atoms with E-state index in [9.17, 15) is 0 Å². The molecular formula is C70H62+2. The van der Waals surface area contributed by atoms with Gasteiger partial charge in [0.05, 0.1) is 28.2 Å². The molecule has 0 N–H and O–H groups in total. The molecule has 0 nitrogen and oxygen atoms in total. The zero-order chi connectivity index (χ0) is 48.7. The smallest absolute Gasteiger partial charge is 0.0622 e. The van der Waals surface area contributed by atoms with Gasteiger partial charge in [-0.05, 0) is 179 Å². The molecule has 0 saturated heterocycles. The zero-order valence-corrected chi connectivity index (χ0v) is 41.9. The van der Waals surface area contributed by atoms with E-state index < -0.39 is 0 Å². The summed E-state index contributed by atoms with van der Waals surface area (Å²) < 4.78 is 0. The molecule has 0 amide bonds. The van der Waals surface area contributed by atoms with Crippen LogP contribution in [0.3, 0.4) is 0 Å². The van der Waals surface area contributed by atoms with E-state index in [4.69, 9.17) is 0 Å². The summed E-state index contributed by atoms with van der Waals surface area (Å²) in [5.41, 5.74) is 29.0. The quantitative estimate of drug-likeness (QED) is 0.100. The summed E-state index contributed by atoms with van der Waals surface area (Å²) in [4.78, 5) is 0. The first-order valence-corrected chi connectivity index (χ1v) is 24.6. The van der Waals surface area contributed by atoms with Gasteiger partial charge >= 0.3 is 0 Å². The van der Waals surface area contributed by atoms with Crippen LogP contribution in [0.1, 0.15) is 72.3 Å². The molecule has 0 heterocycles. The number of benzene rings is 9. The normalized spacial score (nSPS) is 11.7. The third kappa shape index (κ3) is 10.1. The minimum atomic E-state index is 1.20. The second kappa shape index (κ2) is 21.1. The van der Waals surface area contributed by atoms with Crippen LogP contribution in [0.5, 0.6) is 0 Å². The third-order valence-corrected chi connectivity index (χ3v) is 13.5. The van der Waals surface area contributed by atoms with Gasteiger partial charge in [0.25, 0.3) is 0 Å². The number of aryl methyl sites for hydroxylation is 8. The van der Waals surface area contributed by atoms with Crippen molar-refractivity contribution < 1.29 is 0 Å². The van der Waals surface area contributed by atoms with Crippen molar-refractivity contribution in [1.82, 2.24) is 0 Å². The van der Waals surface area contributed by atoms with Crippen LogP contribution < -0.4 is 0 Å². The molecule has 70 heavy (non-hydrogen) atoms. The Morgan fingerprint density at radius 2 is 0.729 bits per heavy atom. The lowest BCUT2D eigenvalue weighted by atomic mass is 9.72. The lowest BCUT2D eigenvalue weighted by Crippen LogP contribution is -2.10. The highest BCUT2D eigenvalue weighted by Gasteiger charge is 2.34. The van der Waals surface area contributed by atoms with Crippen LogP contribution in [-0.4, -0.2) is 0 Å². The van der Waals surface area contributed by atoms with E-state index in [1.54, 1.807) is 0 Å². The van der Waals surface area contributed by atoms with E-state index in [1.165, 1.54) is 134 Å². The van der Waals surface area contributed by atoms with E-state index in [-0.39, 0.29) is 0 Å². The second-order valence-corrected chi connectivity index (χ2v) is 19.0. The summed E-state index contributed by atoms with van der Waals surface area (Å²) in [6, 6.07) is 73.4. The van der Waals surface area contributed by atoms with Crippen molar-refractivity contribution in [2.45, 2.75) is 55.4 Å². The summed E-state index contributed by atoms with van der Waals surface area (Å²) >= 11 is 0. The van der Waals surface area contributed by atoms with E-state index in [0.29, 0.717) is 0 Å². The maximum Gasteiger partial charge on any atom is 0.105 e. The summed E-state index contributed by atoms with van der Waals surface area (Å²) in [6.07, 6.45) is 10.5. The Morgan fingerprint density at radius 1 is 0.343 bits per heavy atom. The van der Waals surface area contributed by atoms with Crippen LogP contribution in [0.25, 0.3) is 50.1 Å². The van der Waals surface area contributed by atoms with Gasteiger partial charge in [-0.2, -0.15) is 0 Å². The standard InChI is InChI=1S/C51H47.C19H15/c1-32-19-23-42(36(5)27-32)46-31-47(48(40-15-11-9-12-16-40)41-17-13-10-14-18-41)50(44-25-21-34(3)29-38(44)7)51(45-26-22-35(4)30-39(45)8)49(46)43-24-20-33(2)28-37(43)6;1-4-10-16(11-5-1)19(17-12-6-2-7-13-17)18-14-8-3-9-15-18/h9-31H,1-8H3;1-15H/q2*+1. The number of hydrogen-bond donors (Lipinski definition) is 0. The van der Waals surface area contributed by atoms with Gasteiger partial charge in [-0.15, -0.1) is 0 Å². The average molecular weight is 903 g/mol. The van der Waals surface area contributed by atoms with Crippen molar-refractivity contribution in [2.24, 2.45) is 0 Å². The number of rotatable bonds is 9. The molecule has 340 valence electrons. The van der Waals surface area contributed by atoms with Crippen molar-refractivity contribution >= 4 is 5.57 Å². The molecule has 0 unspecified atom stereocenters. The highest BCUT2D eigenvalue weighted by atomic mass is 14.3. The summed E-state index contributed by atoms with van der Waals surface area (Å²) in [6.45, 7) is 17.9. The SMILES string of the molecule is C1=C[CH+]C(=C(c2ccccc2)c2ccccc2)C=C1.Cc1ccc(-c2cc([C+](c3ccccc3)c3ccccc3)c(-c3ccc(C)cc3C)c(-c3ccc(C)cc3C)c2-c2ccc(C)cc2C)c(C)c1. The fourth-order valence-electron chi connectivity index (χ4n) is 10.3. The molecule has 9 aromatic carbocycles. The van der Waals surface area contributed by atoms with Crippen molar-refractivity contribution in [3.05, 3.63) is 315 Å². The van der Waals surface area contributed by atoms with Gasteiger partial charge < -0.3 is 0 Å². The fourth-order valence-corrected chi connectivity index (χ4v) is 10.3. The Hall–Kier alpha value is -8.06. The van der Waals surface area contributed by atoms with Crippen molar-refractivity contribution in [3.63, 3.8) is 0 Å². The molecule has 0 radical (unpaired) electrons. The molecule has 0 spiro atoms. The van der Waals surface area contributed by atoms with Crippen molar-refractivity contribution in [1.29, 1.82) is 0 Å². The van der Waals surface area contributed by atoms with Gasteiger partial charge in [-0.25, -0.2) is 0 Å². The monoisotopic (exact) mass is 902 g/mol.